The molecule has 5 nitrogen and oxygen atoms in total. The van der Waals surface area contributed by atoms with E-state index in [-0.39, 0.29) is 6.04 Å². The topological polar surface area (TPSA) is 62.8 Å². The molecule has 0 fully saturated rings. The second-order valence-electron chi connectivity index (χ2n) is 6.44. The normalized spacial score (nSPS) is 13.9. The molecule has 4 aromatic rings. The van der Waals surface area contributed by atoms with Crippen molar-refractivity contribution in [2.45, 2.75) is 19.1 Å². The summed E-state index contributed by atoms with van der Waals surface area (Å²) in [4.78, 5) is 9.03. The van der Waals surface area contributed by atoms with Gasteiger partial charge in [0.2, 0.25) is 0 Å². The van der Waals surface area contributed by atoms with Gasteiger partial charge in [-0.25, -0.2) is 9.50 Å². The van der Waals surface area contributed by atoms with Gasteiger partial charge in [0.25, 0.3) is 0 Å². The summed E-state index contributed by atoms with van der Waals surface area (Å²) >= 11 is 0. The first-order valence-corrected chi connectivity index (χ1v) is 8.89. The van der Waals surface area contributed by atoms with E-state index in [2.05, 4.69) is 15.1 Å². The Labute approximate surface area is 157 Å². The number of aliphatic hydroxyl groups is 1. The van der Waals surface area contributed by atoms with Crippen molar-refractivity contribution >= 4 is 11.9 Å². The van der Waals surface area contributed by atoms with Crippen LogP contribution in [0.3, 0.4) is 0 Å². The number of nitrogens with zero attached hydrogens (tertiary/aromatic N) is 4. The van der Waals surface area contributed by atoms with Gasteiger partial charge in [0.1, 0.15) is 6.10 Å². The van der Waals surface area contributed by atoms with Gasteiger partial charge in [0.15, 0.2) is 11.5 Å². The lowest BCUT2D eigenvalue weighted by molar-refractivity contribution is 0.154. The molecule has 134 valence electrons. The molecule has 2 aromatic carbocycles. The standard InChI is InChI=1S/C22H20N4O/c1-16(21(27)18-7-3-2-4-8-18)23-15-17-10-12-19(13-11-17)22-24-20-9-5-6-14-26(20)25-22/h2-16,21,27H,1H3/t16-,21+/m1/s1. The quantitative estimate of drug-likeness (QED) is 0.551. The summed E-state index contributed by atoms with van der Waals surface area (Å²) in [7, 11) is 0. The number of hydrogen-bond acceptors (Lipinski definition) is 4. The van der Waals surface area contributed by atoms with E-state index >= 15 is 0 Å². The smallest absolute Gasteiger partial charge is 0.182 e. The van der Waals surface area contributed by atoms with Crippen LogP contribution in [-0.4, -0.2) is 32.0 Å². The maximum Gasteiger partial charge on any atom is 0.182 e. The number of hydrogen-bond donors (Lipinski definition) is 1. The van der Waals surface area contributed by atoms with Crippen LogP contribution in [0.1, 0.15) is 24.2 Å². The van der Waals surface area contributed by atoms with Crippen molar-refractivity contribution in [1.82, 2.24) is 14.6 Å². The summed E-state index contributed by atoms with van der Waals surface area (Å²) in [5, 5.41) is 14.9. The van der Waals surface area contributed by atoms with Crippen LogP contribution >= 0.6 is 0 Å². The van der Waals surface area contributed by atoms with Crippen LogP contribution in [0, 0.1) is 0 Å². The van der Waals surface area contributed by atoms with Gasteiger partial charge in [-0.05, 0) is 30.2 Å². The molecule has 2 aromatic heterocycles. The molecule has 0 aliphatic heterocycles. The highest BCUT2D eigenvalue weighted by molar-refractivity contribution is 5.80. The fourth-order valence-corrected chi connectivity index (χ4v) is 2.89. The average Bonchev–Trinajstić information content (AvgIpc) is 3.17. The Morgan fingerprint density at radius 1 is 0.963 bits per heavy atom. The molecule has 0 saturated carbocycles. The van der Waals surface area contributed by atoms with Gasteiger partial charge in [0, 0.05) is 18.0 Å². The Kier molecular flexibility index (Phi) is 4.77. The molecular weight excluding hydrogens is 336 g/mol. The van der Waals surface area contributed by atoms with Crippen molar-refractivity contribution in [1.29, 1.82) is 0 Å². The summed E-state index contributed by atoms with van der Waals surface area (Å²) in [6.45, 7) is 1.91. The fourth-order valence-electron chi connectivity index (χ4n) is 2.89. The van der Waals surface area contributed by atoms with Crippen LogP contribution < -0.4 is 0 Å². The van der Waals surface area contributed by atoms with Crippen molar-refractivity contribution in [3.05, 3.63) is 90.1 Å². The Morgan fingerprint density at radius 2 is 1.70 bits per heavy atom. The number of aromatic nitrogens is 3. The van der Waals surface area contributed by atoms with Crippen molar-refractivity contribution < 1.29 is 5.11 Å². The van der Waals surface area contributed by atoms with Crippen molar-refractivity contribution in [2.75, 3.05) is 0 Å². The number of aliphatic imine (C=N–C) groups is 1. The van der Waals surface area contributed by atoms with E-state index in [1.807, 2.05) is 85.9 Å². The van der Waals surface area contributed by atoms with Crippen molar-refractivity contribution in [3.8, 4) is 11.4 Å². The van der Waals surface area contributed by atoms with E-state index in [1.165, 1.54) is 0 Å². The zero-order valence-electron chi connectivity index (χ0n) is 15.0. The fraction of sp³-hybridized carbons (Fsp3) is 0.136. The van der Waals surface area contributed by atoms with E-state index < -0.39 is 6.10 Å². The lowest BCUT2D eigenvalue weighted by Gasteiger charge is -2.15. The molecule has 0 amide bonds. The zero-order valence-corrected chi connectivity index (χ0v) is 15.0. The third-order valence-electron chi connectivity index (χ3n) is 4.47. The minimum absolute atomic E-state index is 0.229. The van der Waals surface area contributed by atoms with E-state index in [0.29, 0.717) is 5.82 Å². The maximum absolute atomic E-state index is 10.4. The van der Waals surface area contributed by atoms with Crippen LogP contribution in [0.2, 0.25) is 0 Å². The molecule has 0 bridgehead atoms. The van der Waals surface area contributed by atoms with Crippen LogP contribution in [-0.2, 0) is 0 Å². The van der Waals surface area contributed by atoms with Crippen LogP contribution in [0.25, 0.3) is 17.0 Å². The highest BCUT2D eigenvalue weighted by Gasteiger charge is 2.14. The van der Waals surface area contributed by atoms with Gasteiger partial charge in [-0.1, -0.05) is 60.7 Å². The Hall–Kier alpha value is -3.31. The molecule has 1 N–H and O–H groups in total. The van der Waals surface area contributed by atoms with E-state index in [0.717, 1.165) is 22.3 Å². The molecule has 0 aliphatic carbocycles. The first kappa shape index (κ1) is 17.1. The molecule has 4 rings (SSSR count). The van der Waals surface area contributed by atoms with Gasteiger partial charge >= 0.3 is 0 Å². The van der Waals surface area contributed by atoms with Gasteiger partial charge in [0.05, 0.1) is 6.04 Å². The summed E-state index contributed by atoms with van der Waals surface area (Å²) in [6, 6.07) is 23.1. The van der Waals surface area contributed by atoms with E-state index in [4.69, 9.17) is 0 Å². The second kappa shape index (κ2) is 7.51. The predicted octanol–water partition coefficient (Wildman–Crippen LogP) is 3.94. The third kappa shape index (κ3) is 3.78. The van der Waals surface area contributed by atoms with Crippen LogP contribution in [0.4, 0.5) is 0 Å². The Balaban J connectivity index is 1.48. The van der Waals surface area contributed by atoms with Crippen molar-refractivity contribution in [3.63, 3.8) is 0 Å². The van der Waals surface area contributed by atoms with Gasteiger partial charge < -0.3 is 5.11 Å². The Bertz CT molecular complexity index is 1020. The lowest BCUT2D eigenvalue weighted by atomic mass is 10.0. The van der Waals surface area contributed by atoms with E-state index in [9.17, 15) is 5.11 Å². The number of fused-ring (bicyclic) bond motifs is 1. The highest BCUT2D eigenvalue weighted by atomic mass is 16.3. The summed E-state index contributed by atoms with van der Waals surface area (Å²) in [5.41, 5.74) is 3.61. The summed E-state index contributed by atoms with van der Waals surface area (Å²) in [5.74, 6) is 0.692. The van der Waals surface area contributed by atoms with Gasteiger partial charge in [-0.2, -0.15) is 0 Å². The van der Waals surface area contributed by atoms with Gasteiger partial charge in [-0.3, -0.25) is 4.99 Å². The zero-order chi connectivity index (χ0) is 18.6. The highest BCUT2D eigenvalue weighted by Crippen LogP contribution is 2.19. The second-order valence-corrected chi connectivity index (χ2v) is 6.44. The molecule has 27 heavy (non-hydrogen) atoms. The third-order valence-corrected chi connectivity index (χ3v) is 4.47. The number of aliphatic hydroxyl groups excluding tert-OH is 1. The molecule has 0 radical (unpaired) electrons. The SMILES string of the molecule is C[C@@H](N=Cc1ccc(-c2nc3ccccn3n2)cc1)[C@H](O)c1ccccc1. The summed E-state index contributed by atoms with van der Waals surface area (Å²) < 4.78 is 1.76. The maximum atomic E-state index is 10.4. The van der Waals surface area contributed by atoms with Gasteiger partial charge in [-0.15, -0.1) is 5.10 Å². The number of pyridine rings is 1. The van der Waals surface area contributed by atoms with Crippen LogP contribution in [0.5, 0.6) is 0 Å². The molecule has 2 heterocycles. The molecule has 2 atom stereocenters. The predicted molar refractivity (Wildman–Crippen MR) is 107 cm³/mol. The minimum atomic E-state index is -0.621. The monoisotopic (exact) mass is 356 g/mol. The minimum Gasteiger partial charge on any atom is -0.386 e. The largest absolute Gasteiger partial charge is 0.386 e. The first-order valence-electron chi connectivity index (χ1n) is 8.89. The average molecular weight is 356 g/mol. The Morgan fingerprint density at radius 3 is 2.44 bits per heavy atom. The first-order chi connectivity index (χ1) is 13.2. The summed E-state index contributed by atoms with van der Waals surface area (Å²) in [6.07, 6.45) is 3.05. The molecule has 0 saturated heterocycles. The molecule has 0 unspecified atom stereocenters. The lowest BCUT2D eigenvalue weighted by Crippen LogP contribution is -2.12. The van der Waals surface area contributed by atoms with Crippen molar-refractivity contribution in [2.24, 2.45) is 4.99 Å². The van der Waals surface area contributed by atoms with Crippen LogP contribution in [0.15, 0.2) is 84.0 Å². The molecule has 0 spiro atoms. The number of rotatable bonds is 5. The van der Waals surface area contributed by atoms with E-state index in [1.54, 1.807) is 10.7 Å². The molecule has 5 heteroatoms. The molecular formula is C22H20N4O. The number of benzene rings is 2. The molecule has 0 aliphatic rings.